The normalized spacial score (nSPS) is 10.3. The summed E-state index contributed by atoms with van der Waals surface area (Å²) in [4.78, 5) is 4.27. The quantitative estimate of drug-likeness (QED) is 0.715. The molecule has 2 rings (SSSR count). The van der Waals surface area contributed by atoms with Gasteiger partial charge in [0.05, 0.1) is 0 Å². The number of nitrogens with zero attached hydrogens (tertiary/aromatic N) is 1. The summed E-state index contributed by atoms with van der Waals surface area (Å²) in [7, 11) is 0. The molecule has 2 N–H and O–H groups in total. The number of anilines is 1. The van der Waals surface area contributed by atoms with E-state index in [1.165, 1.54) is 5.56 Å². The second-order valence-corrected chi connectivity index (χ2v) is 3.77. The maximum atomic E-state index is 5.83. The van der Waals surface area contributed by atoms with E-state index in [1.54, 1.807) is 6.20 Å². The smallest absolute Gasteiger partial charge is 0.0450 e. The van der Waals surface area contributed by atoms with Crippen LogP contribution in [0.15, 0.2) is 36.5 Å². The molecule has 1 aromatic carbocycles. The molecule has 0 fully saturated rings. The van der Waals surface area contributed by atoms with Crippen molar-refractivity contribution in [1.29, 1.82) is 0 Å². The van der Waals surface area contributed by atoms with E-state index in [1.807, 2.05) is 32.0 Å². The molecular weight excluding hydrogens is 184 g/mol. The number of hydrogen-bond donors (Lipinski definition) is 1. The van der Waals surface area contributed by atoms with E-state index >= 15 is 0 Å². The minimum absolute atomic E-state index is 0.799. The van der Waals surface area contributed by atoms with E-state index in [2.05, 4.69) is 17.1 Å². The van der Waals surface area contributed by atoms with Gasteiger partial charge in [-0.2, -0.15) is 0 Å². The van der Waals surface area contributed by atoms with Crippen molar-refractivity contribution < 1.29 is 0 Å². The standard InChI is InChI=1S/C13H14N2/c1-9-6-11(8-12(14)7-9)13-4-3-5-15-10(13)2/h3-8H,14H2,1-2H3. The Morgan fingerprint density at radius 3 is 2.60 bits per heavy atom. The molecule has 0 amide bonds. The Kier molecular flexibility index (Phi) is 2.42. The van der Waals surface area contributed by atoms with Crippen molar-refractivity contribution in [3.05, 3.63) is 47.8 Å². The first kappa shape index (κ1) is 9.71. The van der Waals surface area contributed by atoms with Gasteiger partial charge in [-0.05, 0) is 43.2 Å². The average Bonchev–Trinajstić information content (AvgIpc) is 2.16. The molecule has 0 atom stereocenters. The van der Waals surface area contributed by atoms with Crippen LogP contribution in [0.2, 0.25) is 0 Å². The van der Waals surface area contributed by atoms with Crippen LogP contribution in [0.4, 0.5) is 5.69 Å². The summed E-state index contributed by atoms with van der Waals surface area (Å²) >= 11 is 0. The number of rotatable bonds is 1. The van der Waals surface area contributed by atoms with E-state index in [0.717, 1.165) is 22.5 Å². The summed E-state index contributed by atoms with van der Waals surface area (Å²) < 4.78 is 0. The number of aryl methyl sites for hydroxylation is 2. The molecular formula is C13H14N2. The van der Waals surface area contributed by atoms with Crippen molar-refractivity contribution in [3.63, 3.8) is 0 Å². The minimum Gasteiger partial charge on any atom is -0.399 e. The van der Waals surface area contributed by atoms with E-state index in [0.29, 0.717) is 0 Å². The highest BCUT2D eigenvalue weighted by atomic mass is 14.7. The van der Waals surface area contributed by atoms with Crippen molar-refractivity contribution in [2.24, 2.45) is 0 Å². The fraction of sp³-hybridized carbons (Fsp3) is 0.154. The molecule has 0 aliphatic rings. The predicted octanol–water partition coefficient (Wildman–Crippen LogP) is 2.95. The highest BCUT2D eigenvalue weighted by molar-refractivity contribution is 5.70. The Morgan fingerprint density at radius 1 is 1.13 bits per heavy atom. The van der Waals surface area contributed by atoms with Crippen molar-refractivity contribution in [2.75, 3.05) is 5.73 Å². The molecule has 2 aromatic rings. The third-order valence-electron chi connectivity index (χ3n) is 2.42. The van der Waals surface area contributed by atoms with Crippen LogP contribution in [0, 0.1) is 13.8 Å². The molecule has 0 saturated carbocycles. The number of benzene rings is 1. The Morgan fingerprint density at radius 2 is 1.93 bits per heavy atom. The fourth-order valence-corrected chi connectivity index (χ4v) is 1.76. The summed E-state index contributed by atoms with van der Waals surface area (Å²) in [6.45, 7) is 4.05. The Hall–Kier alpha value is -1.83. The molecule has 0 spiro atoms. The van der Waals surface area contributed by atoms with Crippen LogP contribution in [0.1, 0.15) is 11.3 Å². The van der Waals surface area contributed by atoms with E-state index in [-0.39, 0.29) is 0 Å². The van der Waals surface area contributed by atoms with Crippen LogP contribution < -0.4 is 5.73 Å². The lowest BCUT2D eigenvalue weighted by atomic mass is 10.0. The molecule has 2 nitrogen and oxygen atoms in total. The van der Waals surface area contributed by atoms with Crippen LogP contribution in [0.5, 0.6) is 0 Å². The zero-order chi connectivity index (χ0) is 10.8. The SMILES string of the molecule is Cc1cc(N)cc(-c2cccnc2C)c1. The lowest BCUT2D eigenvalue weighted by Crippen LogP contribution is -1.90. The Labute approximate surface area is 89.8 Å². The highest BCUT2D eigenvalue weighted by Gasteiger charge is 2.03. The number of nitrogens with two attached hydrogens (primary N) is 1. The molecule has 1 aromatic heterocycles. The lowest BCUT2D eigenvalue weighted by molar-refractivity contribution is 1.20. The summed E-state index contributed by atoms with van der Waals surface area (Å²) in [6, 6.07) is 10.1. The molecule has 0 bridgehead atoms. The minimum atomic E-state index is 0.799. The van der Waals surface area contributed by atoms with Crippen molar-refractivity contribution >= 4 is 5.69 Å². The van der Waals surface area contributed by atoms with Gasteiger partial charge in [-0.15, -0.1) is 0 Å². The molecule has 76 valence electrons. The number of hydrogen-bond acceptors (Lipinski definition) is 2. The number of aromatic nitrogens is 1. The Balaban J connectivity index is 2.59. The topological polar surface area (TPSA) is 38.9 Å². The second kappa shape index (κ2) is 3.73. The second-order valence-electron chi connectivity index (χ2n) is 3.77. The summed E-state index contributed by atoms with van der Waals surface area (Å²) in [6.07, 6.45) is 1.80. The maximum absolute atomic E-state index is 5.83. The summed E-state index contributed by atoms with van der Waals surface area (Å²) in [5.74, 6) is 0. The largest absolute Gasteiger partial charge is 0.399 e. The van der Waals surface area contributed by atoms with Crippen molar-refractivity contribution in [1.82, 2.24) is 4.98 Å². The number of nitrogen functional groups attached to an aromatic ring is 1. The van der Waals surface area contributed by atoms with E-state index in [9.17, 15) is 0 Å². The van der Waals surface area contributed by atoms with Crippen molar-refractivity contribution in [3.8, 4) is 11.1 Å². The number of pyridine rings is 1. The Bertz CT molecular complexity index is 469. The molecule has 15 heavy (non-hydrogen) atoms. The van der Waals surface area contributed by atoms with Gasteiger partial charge in [-0.25, -0.2) is 0 Å². The third-order valence-corrected chi connectivity index (χ3v) is 2.42. The molecule has 1 heterocycles. The third kappa shape index (κ3) is 1.99. The monoisotopic (exact) mass is 198 g/mol. The lowest BCUT2D eigenvalue weighted by Gasteiger charge is -2.07. The van der Waals surface area contributed by atoms with Crippen molar-refractivity contribution in [2.45, 2.75) is 13.8 Å². The van der Waals surface area contributed by atoms with Gasteiger partial charge in [0.2, 0.25) is 0 Å². The van der Waals surface area contributed by atoms with Crippen LogP contribution in [0.3, 0.4) is 0 Å². The first-order valence-corrected chi connectivity index (χ1v) is 4.96. The first-order valence-electron chi connectivity index (χ1n) is 4.96. The highest BCUT2D eigenvalue weighted by Crippen LogP contribution is 2.24. The van der Waals surface area contributed by atoms with Gasteiger partial charge in [-0.1, -0.05) is 12.1 Å². The zero-order valence-electron chi connectivity index (χ0n) is 8.99. The molecule has 0 unspecified atom stereocenters. The summed E-state index contributed by atoms with van der Waals surface area (Å²) in [5, 5.41) is 0. The van der Waals surface area contributed by atoms with Crippen LogP contribution in [-0.4, -0.2) is 4.98 Å². The van der Waals surface area contributed by atoms with Gasteiger partial charge in [0.1, 0.15) is 0 Å². The van der Waals surface area contributed by atoms with Gasteiger partial charge in [0.15, 0.2) is 0 Å². The maximum Gasteiger partial charge on any atom is 0.0450 e. The zero-order valence-corrected chi connectivity index (χ0v) is 8.99. The fourth-order valence-electron chi connectivity index (χ4n) is 1.76. The summed E-state index contributed by atoms with van der Waals surface area (Å²) in [5.41, 5.74) is 11.1. The van der Waals surface area contributed by atoms with Crippen LogP contribution in [0.25, 0.3) is 11.1 Å². The van der Waals surface area contributed by atoms with Crippen LogP contribution in [-0.2, 0) is 0 Å². The first-order chi connectivity index (χ1) is 7.16. The van der Waals surface area contributed by atoms with Gasteiger partial charge in [0, 0.05) is 23.1 Å². The molecule has 0 saturated heterocycles. The molecule has 0 radical (unpaired) electrons. The van der Waals surface area contributed by atoms with Gasteiger partial charge in [0.25, 0.3) is 0 Å². The van der Waals surface area contributed by atoms with Crippen LogP contribution >= 0.6 is 0 Å². The van der Waals surface area contributed by atoms with Gasteiger partial charge < -0.3 is 5.73 Å². The van der Waals surface area contributed by atoms with Gasteiger partial charge >= 0.3 is 0 Å². The van der Waals surface area contributed by atoms with Gasteiger partial charge in [-0.3, -0.25) is 4.98 Å². The van der Waals surface area contributed by atoms with E-state index in [4.69, 9.17) is 5.73 Å². The molecule has 0 aliphatic carbocycles. The predicted molar refractivity (Wildman–Crippen MR) is 63.6 cm³/mol. The van der Waals surface area contributed by atoms with E-state index < -0.39 is 0 Å². The molecule has 0 aliphatic heterocycles. The average molecular weight is 198 g/mol. The molecule has 2 heteroatoms.